The standard InChI is InChI=1S/C12H15ClFN/c13-9-5-6-10(11(14)7-9)12(15)8-3-1-2-4-8/h5-8,12H,1-4,15H2/t12-/m1/s1. The molecule has 82 valence electrons. The van der Waals surface area contributed by atoms with Gasteiger partial charge in [0.15, 0.2) is 0 Å². The Hall–Kier alpha value is -0.600. The van der Waals surface area contributed by atoms with E-state index in [0.29, 0.717) is 16.5 Å². The second kappa shape index (κ2) is 4.50. The highest BCUT2D eigenvalue weighted by Crippen LogP contribution is 2.35. The molecule has 0 heterocycles. The molecule has 2 rings (SSSR count). The maximum absolute atomic E-state index is 13.6. The summed E-state index contributed by atoms with van der Waals surface area (Å²) in [5.41, 5.74) is 6.67. The van der Waals surface area contributed by atoms with Crippen molar-refractivity contribution in [1.82, 2.24) is 0 Å². The molecule has 1 saturated carbocycles. The lowest BCUT2D eigenvalue weighted by Gasteiger charge is -2.19. The van der Waals surface area contributed by atoms with Crippen LogP contribution in [-0.2, 0) is 0 Å². The van der Waals surface area contributed by atoms with E-state index in [4.69, 9.17) is 17.3 Å². The second-order valence-corrected chi connectivity index (χ2v) is 4.67. The van der Waals surface area contributed by atoms with Crippen molar-refractivity contribution in [3.05, 3.63) is 34.6 Å². The average Bonchev–Trinajstić information content (AvgIpc) is 2.69. The number of hydrogen-bond donors (Lipinski definition) is 1. The average molecular weight is 228 g/mol. The summed E-state index contributed by atoms with van der Waals surface area (Å²) in [5.74, 6) is 0.155. The zero-order chi connectivity index (χ0) is 10.8. The van der Waals surface area contributed by atoms with Gasteiger partial charge < -0.3 is 5.73 Å². The predicted octanol–water partition coefficient (Wildman–Crippen LogP) is 3.67. The Morgan fingerprint density at radius 3 is 2.60 bits per heavy atom. The summed E-state index contributed by atoms with van der Waals surface area (Å²) in [6, 6.07) is 4.57. The van der Waals surface area contributed by atoms with Crippen LogP contribution in [0.3, 0.4) is 0 Å². The predicted molar refractivity (Wildman–Crippen MR) is 60.3 cm³/mol. The maximum atomic E-state index is 13.6. The first-order chi connectivity index (χ1) is 7.18. The minimum atomic E-state index is -0.276. The van der Waals surface area contributed by atoms with Crippen molar-refractivity contribution in [3.8, 4) is 0 Å². The van der Waals surface area contributed by atoms with Gasteiger partial charge in [-0.2, -0.15) is 0 Å². The van der Waals surface area contributed by atoms with Gasteiger partial charge in [-0.3, -0.25) is 0 Å². The molecule has 0 bridgehead atoms. The van der Waals surface area contributed by atoms with Crippen LogP contribution >= 0.6 is 11.6 Å². The highest BCUT2D eigenvalue weighted by molar-refractivity contribution is 6.30. The summed E-state index contributed by atoms with van der Waals surface area (Å²) >= 11 is 5.70. The molecular formula is C12H15ClFN. The van der Waals surface area contributed by atoms with Crippen molar-refractivity contribution in [1.29, 1.82) is 0 Å². The Morgan fingerprint density at radius 1 is 1.33 bits per heavy atom. The zero-order valence-corrected chi connectivity index (χ0v) is 9.30. The summed E-state index contributed by atoms with van der Waals surface area (Å²) in [6.07, 6.45) is 4.66. The van der Waals surface area contributed by atoms with Gasteiger partial charge >= 0.3 is 0 Å². The van der Waals surface area contributed by atoms with Crippen LogP contribution in [0.1, 0.15) is 37.3 Å². The fourth-order valence-corrected chi connectivity index (χ4v) is 2.50. The van der Waals surface area contributed by atoms with Crippen molar-refractivity contribution in [2.45, 2.75) is 31.7 Å². The van der Waals surface area contributed by atoms with Gasteiger partial charge in [0.2, 0.25) is 0 Å². The molecule has 1 fully saturated rings. The van der Waals surface area contributed by atoms with Crippen LogP contribution in [0.5, 0.6) is 0 Å². The quantitative estimate of drug-likeness (QED) is 0.820. The van der Waals surface area contributed by atoms with Crippen LogP contribution in [0.15, 0.2) is 18.2 Å². The minimum Gasteiger partial charge on any atom is -0.324 e. The molecule has 1 atom stereocenters. The molecule has 0 radical (unpaired) electrons. The van der Waals surface area contributed by atoms with E-state index >= 15 is 0 Å². The van der Waals surface area contributed by atoms with Crippen LogP contribution in [0.25, 0.3) is 0 Å². The molecule has 1 aliphatic carbocycles. The Morgan fingerprint density at radius 2 is 2.00 bits per heavy atom. The molecule has 0 unspecified atom stereocenters. The van der Waals surface area contributed by atoms with Crippen LogP contribution in [0, 0.1) is 11.7 Å². The van der Waals surface area contributed by atoms with Gasteiger partial charge in [-0.1, -0.05) is 30.5 Å². The van der Waals surface area contributed by atoms with E-state index in [0.717, 1.165) is 12.8 Å². The maximum Gasteiger partial charge on any atom is 0.129 e. The monoisotopic (exact) mass is 227 g/mol. The summed E-state index contributed by atoms with van der Waals surface area (Å²) < 4.78 is 13.6. The van der Waals surface area contributed by atoms with Crippen molar-refractivity contribution in [3.63, 3.8) is 0 Å². The fourth-order valence-electron chi connectivity index (χ4n) is 2.34. The summed E-state index contributed by atoms with van der Waals surface area (Å²) in [7, 11) is 0. The van der Waals surface area contributed by atoms with E-state index in [1.54, 1.807) is 12.1 Å². The van der Waals surface area contributed by atoms with Crippen molar-refractivity contribution >= 4 is 11.6 Å². The SMILES string of the molecule is N[C@@H](c1ccc(Cl)cc1F)C1CCCC1. The van der Waals surface area contributed by atoms with Crippen molar-refractivity contribution < 1.29 is 4.39 Å². The molecule has 1 aromatic carbocycles. The van der Waals surface area contributed by atoms with Gasteiger partial charge in [-0.25, -0.2) is 4.39 Å². The minimum absolute atomic E-state index is 0.176. The topological polar surface area (TPSA) is 26.0 Å². The zero-order valence-electron chi connectivity index (χ0n) is 8.55. The van der Waals surface area contributed by atoms with E-state index in [9.17, 15) is 4.39 Å². The van der Waals surface area contributed by atoms with Crippen LogP contribution < -0.4 is 5.73 Å². The Kier molecular flexibility index (Phi) is 3.27. The molecule has 15 heavy (non-hydrogen) atoms. The molecule has 0 aromatic heterocycles. The van der Waals surface area contributed by atoms with E-state index in [1.807, 2.05) is 0 Å². The van der Waals surface area contributed by atoms with E-state index in [1.165, 1.54) is 18.9 Å². The third-order valence-electron chi connectivity index (χ3n) is 3.23. The number of benzene rings is 1. The number of nitrogens with two attached hydrogens (primary N) is 1. The first kappa shape index (κ1) is 10.9. The molecule has 1 nitrogen and oxygen atoms in total. The third-order valence-corrected chi connectivity index (χ3v) is 3.46. The van der Waals surface area contributed by atoms with Gasteiger partial charge in [0.05, 0.1) is 0 Å². The van der Waals surface area contributed by atoms with Gasteiger partial charge in [0, 0.05) is 16.6 Å². The van der Waals surface area contributed by atoms with Crippen molar-refractivity contribution in [2.24, 2.45) is 11.7 Å². The fraction of sp³-hybridized carbons (Fsp3) is 0.500. The number of rotatable bonds is 2. The van der Waals surface area contributed by atoms with Gasteiger partial charge in [-0.15, -0.1) is 0 Å². The molecule has 3 heteroatoms. The molecule has 0 aliphatic heterocycles. The lowest BCUT2D eigenvalue weighted by atomic mass is 9.92. The Labute approximate surface area is 94.4 Å². The second-order valence-electron chi connectivity index (χ2n) is 4.24. The van der Waals surface area contributed by atoms with E-state index < -0.39 is 0 Å². The first-order valence-electron chi connectivity index (χ1n) is 5.39. The summed E-state index contributed by atoms with van der Waals surface area (Å²) in [6.45, 7) is 0. The first-order valence-corrected chi connectivity index (χ1v) is 5.77. The van der Waals surface area contributed by atoms with Crippen LogP contribution in [0.4, 0.5) is 4.39 Å². The van der Waals surface area contributed by atoms with Gasteiger partial charge in [0.25, 0.3) is 0 Å². The smallest absolute Gasteiger partial charge is 0.129 e. The lowest BCUT2D eigenvalue weighted by Crippen LogP contribution is -2.20. The highest BCUT2D eigenvalue weighted by atomic mass is 35.5. The van der Waals surface area contributed by atoms with Crippen LogP contribution in [-0.4, -0.2) is 0 Å². The molecule has 0 saturated heterocycles. The lowest BCUT2D eigenvalue weighted by molar-refractivity contribution is 0.429. The van der Waals surface area contributed by atoms with E-state index in [-0.39, 0.29) is 11.9 Å². The van der Waals surface area contributed by atoms with Crippen LogP contribution in [0.2, 0.25) is 5.02 Å². The Balaban J connectivity index is 2.20. The molecule has 1 aliphatic rings. The third kappa shape index (κ3) is 2.32. The van der Waals surface area contributed by atoms with E-state index in [2.05, 4.69) is 0 Å². The molecule has 2 N–H and O–H groups in total. The summed E-state index contributed by atoms with van der Waals surface area (Å²) in [4.78, 5) is 0. The highest BCUT2D eigenvalue weighted by Gasteiger charge is 2.25. The molecule has 1 aromatic rings. The van der Waals surface area contributed by atoms with Crippen molar-refractivity contribution in [2.75, 3.05) is 0 Å². The normalized spacial score (nSPS) is 19.4. The molecule has 0 amide bonds. The number of halogens is 2. The Bertz CT molecular complexity index is 347. The largest absolute Gasteiger partial charge is 0.324 e. The van der Waals surface area contributed by atoms with Gasteiger partial charge in [0.1, 0.15) is 5.82 Å². The molecular weight excluding hydrogens is 213 g/mol. The molecule has 0 spiro atoms. The summed E-state index contributed by atoms with van der Waals surface area (Å²) in [5, 5.41) is 0.426. The van der Waals surface area contributed by atoms with Gasteiger partial charge in [-0.05, 0) is 30.9 Å². The number of hydrogen-bond acceptors (Lipinski definition) is 1.